The molecule has 56 heavy (non-hydrogen) atoms. The maximum Gasteiger partial charge on any atom is 0.415 e. The van der Waals surface area contributed by atoms with Gasteiger partial charge in [-0.15, -0.1) is 0 Å². The maximum absolute atomic E-state index is 15.5. The lowest BCUT2D eigenvalue weighted by Crippen LogP contribution is -2.59. The van der Waals surface area contributed by atoms with E-state index in [1.807, 2.05) is 24.0 Å². The Morgan fingerprint density at radius 2 is 1.80 bits per heavy atom. The summed E-state index contributed by atoms with van der Waals surface area (Å²) >= 11 is 0. The highest BCUT2D eigenvalue weighted by molar-refractivity contribution is 6.07. The largest absolute Gasteiger partial charge is 0.461 e. The van der Waals surface area contributed by atoms with E-state index in [1.54, 1.807) is 11.0 Å². The van der Waals surface area contributed by atoms with Crippen LogP contribution < -0.4 is 29.9 Å². The molecule has 0 unspecified atom stereocenters. The van der Waals surface area contributed by atoms with Crippen molar-refractivity contribution in [3.8, 4) is 11.8 Å². The van der Waals surface area contributed by atoms with Crippen LogP contribution in [0, 0.1) is 5.82 Å². The number of likely N-dealkylation sites (tertiary alicyclic amines) is 1. The number of nitrogens with zero attached hydrogens (tertiary/aromatic N) is 6. The number of amides is 4. The first-order chi connectivity index (χ1) is 27.1. The van der Waals surface area contributed by atoms with Gasteiger partial charge in [-0.2, -0.15) is 9.97 Å². The highest BCUT2D eigenvalue weighted by atomic mass is 19.1. The third-order valence-electron chi connectivity index (χ3n) is 12.9. The zero-order chi connectivity index (χ0) is 38.6. The average Bonchev–Trinajstić information content (AvgIpc) is 3.69. The van der Waals surface area contributed by atoms with Crippen molar-refractivity contribution in [2.45, 2.75) is 101 Å². The van der Waals surface area contributed by atoms with Crippen molar-refractivity contribution in [1.82, 2.24) is 30.4 Å². The number of ether oxygens (including phenoxy) is 2. The van der Waals surface area contributed by atoms with E-state index in [9.17, 15) is 18.8 Å². The second-order valence-electron chi connectivity index (χ2n) is 16.5. The van der Waals surface area contributed by atoms with Crippen LogP contribution in [0.15, 0.2) is 24.3 Å². The Kier molecular flexibility index (Phi) is 9.61. The van der Waals surface area contributed by atoms with E-state index in [-0.39, 0.29) is 37.0 Å². The van der Waals surface area contributed by atoms with Crippen LogP contribution in [0.5, 0.6) is 11.8 Å². The van der Waals surface area contributed by atoms with Crippen LogP contribution in [0.25, 0.3) is 10.8 Å². The number of anilines is 2. The van der Waals surface area contributed by atoms with Crippen LogP contribution in [0.3, 0.4) is 0 Å². The van der Waals surface area contributed by atoms with Gasteiger partial charge in [-0.1, -0.05) is 25.8 Å². The number of imide groups is 1. The number of hydrogen-bond acceptors (Lipinski definition) is 10. The first-order valence-corrected chi connectivity index (χ1v) is 20.4. The molecule has 6 aliphatic rings. The summed E-state index contributed by atoms with van der Waals surface area (Å²) < 4.78 is 42.7. The van der Waals surface area contributed by atoms with E-state index >= 15 is 4.39 Å². The zero-order valence-electron chi connectivity index (χ0n) is 32.0. The molecule has 0 radical (unpaired) electrons. The number of carbonyl (C=O) groups is 3. The summed E-state index contributed by atoms with van der Waals surface area (Å²) in [5.74, 6) is 0.409. The van der Waals surface area contributed by atoms with Gasteiger partial charge in [-0.05, 0) is 81.0 Å². The van der Waals surface area contributed by atoms with E-state index in [2.05, 4.69) is 20.4 Å². The Morgan fingerprint density at radius 3 is 2.59 bits per heavy atom. The minimum absolute atomic E-state index is 0.175. The Balaban J connectivity index is 1.08. The molecule has 15 heteroatoms. The maximum atomic E-state index is 15.5. The summed E-state index contributed by atoms with van der Waals surface area (Å²) in [4.78, 5) is 56.9. The Bertz CT molecular complexity index is 2060. The van der Waals surface area contributed by atoms with Crippen molar-refractivity contribution in [2.75, 3.05) is 62.2 Å². The number of benzene rings is 2. The molecule has 2 aromatic carbocycles. The molecular formula is C41H50F2N8O5. The van der Waals surface area contributed by atoms with E-state index in [0.29, 0.717) is 88.5 Å². The van der Waals surface area contributed by atoms with Gasteiger partial charge in [0.2, 0.25) is 0 Å². The van der Waals surface area contributed by atoms with Crippen molar-refractivity contribution in [2.24, 2.45) is 0 Å². The molecule has 5 saturated heterocycles. The summed E-state index contributed by atoms with van der Waals surface area (Å²) in [6.07, 6.45) is 7.16. The number of aryl methyl sites for hydroxylation is 1. The first kappa shape index (κ1) is 36.8. The van der Waals surface area contributed by atoms with E-state index in [0.717, 1.165) is 72.8 Å². The van der Waals surface area contributed by atoms with Gasteiger partial charge in [-0.25, -0.2) is 18.4 Å². The minimum Gasteiger partial charge on any atom is -0.461 e. The second kappa shape index (κ2) is 14.6. The van der Waals surface area contributed by atoms with Crippen LogP contribution in [-0.4, -0.2) is 107 Å². The Hall–Kier alpha value is -4.79. The Labute approximate surface area is 325 Å². The molecule has 6 aliphatic heterocycles. The van der Waals surface area contributed by atoms with E-state index in [1.165, 1.54) is 6.07 Å². The van der Waals surface area contributed by atoms with Crippen LogP contribution in [0.4, 0.5) is 29.9 Å². The molecule has 4 amide bonds. The fourth-order valence-corrected chi connectivity index (χ4v) is 10.2. The number of halogens is 2. The number of urea groups is 1. The summed E-state index contributed by atoms with van der Waals surface area (Å²) in [7, 11) is 0. The summed E-state index contributed by atoms with van der Waals surface area (Å²) in [6.45, 7) is 6.46. The second-order valence-corrected chi connectivity index (χ2v) is 16.5. The molecule has 7 heterocycles. The molecule has 1 aromatic heterocycles. The molecule has 9 rings (SSSR count). The number of aromatic nitrogens is 2. The smallest absolute Gasteiger partial charge is 0.415 e. The van der Waals surface area contributed by atoms with Crippen LogP contribution in [0.1, 0.15) is 81.5 Å². The highest BCUT2D eigenvalue weighted by Crippen LogP contribution is 2.42. The zero-order valence-corrected chi connectivity index (χ0v) is 32.0. The quantitative estimate of drug-likeness (QED) is 0.301. The van der Waals surface area contributed by atoms with Crippen molar-refractivity contribution in [1.29, 1.82) is 0 Å². The van der Waals surface area contributed by atoms with Gasteiger partial charge in [0.05, 0.1) is 24.3 Å². The fourth-order valence-electron chi connectivity index (χ4n) is 10.2. The number of hydrogen-bond donors (Lipinski definition) is 2. The number of carbonyl (C=O) groups excluding carboxylic acids is 3. The SMILES string of the molecule is CCc1c(F)ccc2cc(OC(=O)N3CCCCCC3)cc(N3CCc4c(nc(OC[C@@]56CCCN5C[C@H](F)C6)nc4N4CCC[C@]5(C4)NC(=O)NC5=O)C3)c12. The van der Waals surface area contributed by atoms with E-state index in [4.69, 9.17) is 19.4 Å². The standard InChI is InChI=1S/C41H50F2N8O5/c1-2-29-31(43)10-9-26-19-28(56-39(54)48-14-5-3-4-6-15-48)20-33(34(26)29)49-18-11-30-32(23-49)44-38(55-25-40-12-7-17-51(40)22-27(42)21-40)45-35(30)50-16-8-13-41(24-50)36(52)46-37(53)47-41/h9-10,19-20,27H,2-8,11-18,21-25H2,1H3,(H2,46,47,52,53)/t27-,40+,41-/m1/s1. The van der Waals surface area contributed by atoms with Gasteiger partial charge in [0.25, 0.3) is 5.91 Å². The lowest BCUT2D eigenvalue weighted by atomic mass is 9.88. The number of fused-ring (bicyclic) bond motifs is 3. The van der Waals surface area contributed by atoms with Gasteiger partial charge >= 0.3 is 18.1 Å². The van der Waals surface area contributed by atoms with E-state index < -0.39 is 23.3 Å². The summed E-state index contributed by atoms with van der Waals surface area (Å²) in [5.41, 5.74) is 1.49. The Morgan fingerprint density at radius 1 is 0.982 bits per heavy atom. The van der Waals surface area contributed by atoms with Gasteiger partial charge in [-0.3, -0.25) is 15.0 Å². The molecule has 0 bridgehead atoms. The topological polar surface area (TPSA) is 132 Å². The fraction of sp³-hybridized carbons (Fsp3) is 0.585. The summed E-state index contributed by atoms with van der Waals surface area (Å²) in [5, 5.41) is 6.82. The molecule has 5 fully saturated rings. The van der Waals surface area contributed by atoms with Gasteiger partial charge in [0.1, 0.15) is 35.7 Å². The monoisotopic (exact) mass is 772 g/mol. The first-order valence-electron chi connectivity index (χ1n) is 20.4. The highest BCUT2D eigenvalue weighted by Gasteiger charge is 2.51. The van der Waals surface area contributed by atoms with Crippen molar-refractivity contribution in [3.63, 3.8) is 0 Å². The number of piperidine rings is 1. The molecule has 0 aliphatic carbocycles. The van der Waals surface area contributed by atoms with Crippen LogP contribution in [-0.2, 0) is 24.2 Å². The molecule has 0 saturated carbocycles. The molecule has 3 atom stereocenters. The van der Waals surface area contributed by atoms with Crippen LogP contribution in [0.2, 0.25) is 0 Å². The summed E-state index contributed by atoms with van der Waals surface area (Å²) in [6, 6.07) is 6.55. The molecule has 1 spiro atoms. The predicted molar refractivity (Wildman–Crippen MR) is 206 cm³/mol. The predicted octanol–water partition coefficient (Wildman–Crippen LogP) is 5.40. The third kappa shape index (κ3) is 6.64. The number of rotatable bonds is 7. The third-order valence-corrected chi connectivity index (χ3v) is 12.9. The average molecular weight is 773 g/mol. The van der Waals surface area contributed by atoms with Gasteiger partial charge in [0.15, 0.2) is 0 Å². The lowest BCUT2D eigenvalue weighted by Gasteiger charge is -2.40. The lowest BCUT2D eigenvalue weighted by molar-refractivity contribution is -0.124. The number of alkyl halides is 1. The van der Waals surface area contributed by atoms with Crippen molar-refractivity contribution >= 4 is 40.3 Å². The number of nitrogens with one attached hydrogen (secondary N) is 2. The van der Waals surface area contributed by atoms with Crippen LogP contribution >= 0.6 is 0 Å². The van der Waals surface area contributed by atoms with Crippen molar-refractivity contribution < 1.29 is 32.6 Å². The van der Waals surface area contributed by atoms with Gasteiger partial charge < -0.3 is 29.5 Å². The normalized spacial score (nSPS) is 26.6. The van der Waals surface area contributed by atoms with Crippen molar-refractivity contribution in [3.05, 3.63) is 46.9 Å². The molecule has 3 aromatic rings. The molecule has 2 N–H and O–H groups in total. The molecule has 298 valence electrons. The molecular weight excluding hydrogens is 722 g/mol. The molecule has 13 nitrogen and oxygen atoms in total. The van der Waals surface area contributed by atoms with Gasteiger partial charge in [0, 0.05) is 61.8 Å². The minimum atomic E-state index is -1.07.